The maximum absolute atomic E-state index is 12.4. The van der Waals surface area contributed by atoms with Gasteiger partial charge in [-0.05, 0) is 29.9 Å². The smallest absolute Gasteiger partial charge is 0.332 e. The first-order valence-corrected chi connectivity index (χ1v) is 8.18. The van der Waals surface area contributed by atoms with Gasteiger partial charge in [-0.3, -0.25) is 19.7 Å². The van der Waals surface area contributed by atoms with Crippen LogP contribution >= 0.6 is 0 Å². The molecular formula is C18H19N3O4. The second-order valence-electron chi connectivity index (χ2n) is 6.35. The van der Waals surface area contributed by atoms with Crippen LogP contribution in [0.25, 0.3) is 0 Å². The van der Waals surface area contributed by atoms with E-state index in [4.69, 9.17) is 0 Å². The van der Waals surface area contributed by atoms with Gasteiger partial charge in [-0.15, -0.1) is 0 Å². The monoisotopic (exact) mass is 341 g/mol. The molecule has 0 saturated carbocycles. The minimum atomic E-state index is -0.741. The Labute approximate surface area is 144 Å². The predicted octanol–water partition coefficient (Wildman–Crippen LogP) is 2.51. The quantitative estimate of drug-likeness (QED) is 0.683. The molecule has 0 spiro atoms. The number of fused-ring (bicyclic) bond motifs is 1. The molecule has 130 valence electrons. The first-order valence-electron chi connectivity index (χ1n) is 8.18. The van der Waals surface area contributed by atoms with Gasteiger partial charge in [0.15, 0.2) is 0 Å². The van der Waals surface area contributed by atoms with Gasteiger partial charge in [0.25, 0.3) is 5.43 Å². The lowest BCUT2D eigenvalue weighted by atomic mass is 9.81. The third-order valence-electron chi connectivity index (χ3n) is 4.61. The zero-order valence-corrected chi connectivity index (χ0v) is 13.8. The first kappa shape index (κ1) is 16.9. The summed E-state index contributed by atoms with van der Waals surface area (Å²) in [6.07, 6.45) is 4.32. The summed E-state index contributed by atoms with van der Waals surface area (Å²) >= 11 is 0. The second kappa shape index (κ2) is 6.88. The summed E-state index contributed by atoms with van der Waals surface area (Å²) in [5, 5.41) is 13.8. The van der Waals surface area contributed by atoms with Crippen molar-refractivity contribution in [3.63, 3.8) is 0 Å². The van der Waals surface area contributed by atoms with Crippen LogP contribution in [0.2, 0.25) is 0 Å². The van der Waals surface area contributed by atoms with Crippen molar-refractivity contribution in [2.75, 3.05) is 0 Å². The van der Waals surface area contributed by atoms with E-state index in [9.17, 15) is 19.7 Å². The van der Waals surface area contributed by atoms with Crippen molar-refractivity contribution in [1.29, 1.82) is 0 Å². The number of carbonyl (C=O) groups is 1. The molecule has 0 unspecified atom stereocenters. The van der Waals surface area contributed by atoms with Crippen LogP contribution in [0, 0.1) is 10.1 Å². The molecule has 1 aliphatic carbocycles. The number of hydrogen-bond acceptors (Lipinski definition) is 4. The minimum absolute atomic E-state index is 0.0609. The minimum Gasteiger partial charge on any atom is -0.348 e. The Kier molecular flexibility index (Phi) is 4.65. The summed E-state index contributed by atoms with van der Waals surface area (Å²) < 4.78 is 1.35. The van der Waals surface area contributed by atoms with Crippen LogP contribution < -0.4 is 10.7 Å². The van der Waals surface area contributed by atoms with Gasteiger partial charge in [0, 0.05) is 12.3 Å². The zero-order chi connectivity index (χ0) is 18.0. The number of hydrogen-bond donors (Lipinski definition) is 1. The maximum atomic E-state index is 12.4. The van der Waals surface area contributed by atoms with Crippen molar-refractivity contribution in [3.8, 4) is 0 Å². The largest absolute Gasteiger partial charge is 0.348 e. The Bertz CT molecular complexity index is 875. The second-order valence-corrected chi connectivity index (χ2v) is 6.35. The fourth-order valence-corrected chi connectivity index (χ4v) is 3.31. The van der Waals surface area contributed by atoms with Crippen molar-refractivity contribution in [3.05, 3.63) is 74.2 Å². The van der Waals surface area contributed by atoms with Gasteiger partial charge in [-0.1, -0.05) is 31.2 Å². The SMILES string of the molecule is C[C@H]1CC[C@H](NC(=O)Cn2ccc(=O)c([N+](=O)[O-])c2)c2ccccc21. The summed E-state index contributed by atoms with van der Waals surface area (Å²) in [6, 6.07) is 9.11. The van der Waals surface area contributed by atoms with E-state index in [1.807, 2.05) is 18.2 Å². The van der Waals surface area contributed by atoms with Crippen LogP contribution in [0.3, 0.4) is 0 Å². The molecule has 2 aromatic rings. The maximum Gasteiger partial charge on any atom is 0.332 e. The molecule has 1 aliphatic rings. The molecule has 0 saturated heterocycles. The number of nitrogens with zero attached hydrogens (tertiary/aromatic N) is 2. The van der Waals surface area contributed by atoms with Gasteiger partial charge in [0.2, 0.25) is 5.91 Å². The van der Waals surface area contributed by atoms with Crippen LogP contribution in [0.4, 0.5) is 5.69 Å². The average Bonchev–Trinajstić information content (AvgIpc) is 2.59. The normalized spacial score (nSPS) is 19.1. The van der Waals surface area contributed by atoms with E-state index in [0.717, 1.165) is 30.7 Å². The molecular weight excluding hydrogens is 322 g/mol. The standard InChI is InChI=1S/C18H19N3O4/c1-12-6-7-15(14-5-3-2-4-13(12)14)19-18(23)11-20-9-8-17(22)16(10-20)21(24)25/h2-5,8-10,12,15H,6-7,11H2,1H3,(H,19,23)/t12-,15-/m0/s1. The first-order chi connectivity index (χ1) is 12.0. The number of amides is 1. The molecule has 0 aliphatic heterocycles. The van der Waals surface area contributed by atoms with Gasteiger partial charge < -0.3 is 9.88 Å². The summed E-state index contributed by atoms with van der Waals surface area (Å²) in [5.41, 5.74) is 1.17. The molecule has 0 fully saturated rings. The molecule has 7 nitrogen and oxygen atoms in total. The molecule has 7 heteroatoms. The number of rotatable bonds is 4. The zero-order valence-electron chi connectivity index (χ0n) is 13.8. The van der Waals surface area contributed by atoms with E-state index < -0.39 is 16.0 Å². The fourth-order valence-electron chi connectivity index (χ4n) is 3.31. The molecule has 2 atom stereocenters. The number of aromatic nitrogens is 1. The highest BCUT2D eigenvalue weighted by molar-refractivity contribution is 5.76. The molecule has 3 rings (SSSR count). The lowest BCUT2D eigenvalue weighted by molar-refractivity contribution is -0.386. The molecule has 1 aromatic heterocycles. The number of carbonyl (C=O) groups excluding carboxylic acids is 1. The molecule has 1 aromatic carbocycles. The molecule has 0 bridgehead atoms. The Morgan fingerprint density at radius 2 is 2.00 bits per heavy atom. The van der Waals surface area contributed by atoms with E-state index in [0.29, 0.717) is 5.92 Å². The lowest BCUT2D eigenvalue weighted by Gasteiger charge is -2.30. The van der Waals surface area contributed by atoms with E-state index in [2.05, 4.69) is 18.3 Å². The van der Waals surface area contributed by atoms with E-state index in [1.165, 1.54) is 16.3 Å². The van der Waals surface area contributed by atoms with Crippen LogP contribution in [0.15, 0.2) is 47.5 Å². The van der Waals surface area contributed by atoms with E-state index >= 15 is 0 Å². The van der Waals surface area contributed by atoms with Crippen LogP contribution in [-0.4, -0.2) is 15.4 Å². The predicted molar refractivity (Wildman–Crippen MR) is 92.3 cm³/mol. The van der Waals surface area contributed by atoms with Crippen molar-refractivity contribution >= 4 is 11.6 Å². The molecule has 0 radical (unpaired) electrons. The van der Waals surface area contributed by atoms with Gasteiger partial charge in [-0.25, -0.2) is 0 Å². The number of pyridine rings is 1. The van der Waals surface area contributed by atoms with Crippen molar-refractivity contribution < 1.29 is 9.72 Å². The highest BCUT2D eigenvalue weighted by atomic mass is 16.6. The summed E-state index contributed by atoms with van der Waals surface area (Å²) in [7, 11) is 0. The van der Waals surface area contributed by atoms with Crippen LogP contribution in [-0.2, 0) is 11.3 Å². The van der Waals surface area contributed by atoms with Crippen molar-refractivity contribution in [2.45, 2.75) is 38.3 Å². The van der Waals surface area contributed by atoms with Crippen LogP contribution in [0.1, 0.15) is 42.9 Å². The third-order valence-corrected chi connectivity index (χ3v) is 4.61. The highest BCUT2D eigenvalue weighted by Gasteiger charge is 2.25. The fraction of sp³-hybridized carbons (Fsp3) is 0.333. The van der Waals surface area contributed by atoms with Gasteiger partial charge >= 0.3 is 5.69 Å². The molecule has 1 N–H and O–H groups in total. The topological polar surface area (TPSA) is 94.2 Å². The lowest BCUT2D eigenvalue weighted by Crippen LogP contribution is -2.34. The third kappa shape index (κ3) is 3.60. The Hall–Kier alpha value is -2.96. The molecule has 25 heavy (non-hydrogen) atoms. The number of benzene rings is 1. The summed E-state index contributed by atoms with van der Waals surface area (Å²) in [4.78, 5) is 33.9. The van der Waals surface area contributed by atoms with E-state index in [1.54, 1.807) is 0 Å². The number of nitrogens with one attached hydrogen (secondary N) is 1. The van der Waals surface area contributed by atoms with Crippen LogP contribution in [0.5, 0.6) is 0 Å². The van der Waals surface area contributed by atoms with E-state index in [-0.39, 0.29) is 18.5 Å². The van der Waals surface area contributed by atoms with Gasteiger partial charge in [-0.2, -0.15) is 0 Å². The van der Waals surface area contributed by atoms with Crippen molar-refractivity contribution in [1.82, 2.24) is 9.88 Å². The Balaban J connectivity index is 1.74. The molecule has 1 amide bonds. The Morgan fingerprint density at radius 1 is 1.28 bits per heavy atom. The summed E-state index contributed by atoms with van der Waals surface area (Å²) in [6.45, 7) is 2.10. The highest BCUT2D eigenvalue weighted by Crippen LogP contribution is 2.36. The van der Waals surface area contributed by atoms with Crippen molar-refractivity contribution in [2.24, 2.45) is 0 Å². The summed E-state index contributed by atoms with van der Waals surface area (Å²) in [5.74, 6) is 0.221. The average molecular weight is 341 g/mol. The van der Waals surface area contributed by atoms with Gasteiger partial charge in [0.1, 0.15) is 6.54 Å². The molecule has 1 heterocycles. The Morgan fingerprint density at radius 3 is 2.72 bits per heavy atom. The van der Waals surface area contributed by atoms with Gasteiger partial charge in [0.05, 0.1) is 17.2 Å². The number of nitro groups is 1.